The van der Waals surface area contributed by atoms with E-state index < -0.39 is 6.43 Å². The van der Waals surface area contributed by atoms with Crippen molar-refractivity contribution in [1.29, 1.82) is 0 Å². The summed E-state index contributed by atoms with van der Waals surface area (Å²) in [5.41, 5.74) is 7.68. The van der Waals surface area contributed by atoms with Gasteiger partial charge in [-0.1, -0.05) is 12.1 Å². The van der Waals surface area contributed by atoms with Gasteiger partial charge in [0, 0.05) is 38.4 Å². The molecule has 1 saturated heterocycles. The molecule has 0 saturated carbocycles. The number of hydrogen-bond acceptors (Lipinski definition) is 3. The normalized spacial score (nSPS) is 16.6. The van der Waals surface area contributed by atoms with Crippen LogP contribution in [0.1, 0.15) is 5.56 Å². The summed E-state index contributed by atoms with van der Waals surface area (Å²) in [5, 5.41) is 0. The lowest BCUT2D eigenvalue weighted by atomic mass is 10.2. The quantitative estimate of drug-likeness (QED) is 0.862. The highest BCUT2D eigenvalue weighted by atomic mass is 35.5. The Bertz CT molecular complexity index is 386. The maximum Gasteiger partial charge on any atom is 0.251 e. The zero-order valence-electron chi connectivity index (χ0n) is 11.2. The van der Waals surface area contributed by atoms with Gasteiger partial charge in [-0.05, 0) is 17.7 Å². The first-order chi connectivity index (χ1) is 8.63. The van der Waals surface area contributed by atoms with Crippen molar-refractivity contribution < 1.29 is 8.78 Å². The minimum absolute atomic E-state index is 0. The summed E-state index contributed by atoms with van der Waals surface area (Å²) in [6, 6.07) is 7.81. The van der Waals surface area contributed by atoms with E-state index in [4.69, 9.17) is 5.73 Å². The molecule has 116 valence electrons. The molecule has 7 heteroatoms. The van der Waals surface area contributed by atoms with Crippen LogP contribution in [-0.2, 0) is 6.54 Å². The number of piperazine rings is 1. The Balaban J connectivity index is 0.00000180. The van der Waals surface area contributed by atoms with Gasteiger partial charge in [-0.2, -0.15) is 0 Å². The van der Waals surface area contributed by atoms with Gasteiger partial charge in [0.2, 0.25) is 0 Å². The van der Waals surface area contributed by atoms with Gasteiger partial charge < -0.3 is 5.73 Å². The number of benzene rings is 1. The maximum absolute atomic E-state index is 12.2. The monoisotopic (exact) mass is 327 g/mol. The standard InChI is InChI=1S/C13H19F2N3.2ClH/c14-13(15)10-18-6-4-17(5-7-18)9-11-2-1-3-12(16)8-11;;/h1-3,8,13H,4-7,9-10,16H2;2*1H. The lowest BCUT2D eigenvalue weighted by molar-refractivity contribution is 0.0543. The van der Waals surface area contributed by atoms with E-state index in [1.165, 1.54) is 5.56 Å². The summed E-state index contributed by atoms with van der Waals surface area (Å²) < 4.78 is 24.5. The molecule has 20 heavy (non-hydrogen) atoms. The molecular formula is C13H21Cl2F2N3. The molecule has 0 radical (unpaired) electrons. The van der Waals surface area contributed by atoms with Gasteiger partial charge in [0.25, 0.3) is 6.43 Å². The number of anilines is 1. The van der Waals surface area contributed by atoms with Crippen molar-refractivity contribution in [3.8, 4) is 0 Å². The number of hydrogen-bond donors (Lipinski definition) is 1. The second-order valence-corrected chi connectivity index (χ2v) is 4.71. The number of nitrogen functional groups attached to an aromatic ring is 1. The average molecular weight is 328 g/mol. The third-order valence-electron chi connectivity index (χ3n) is 3.22. The van der Waals surface area contributed by atoms with Crippen molar-refractivity contribution in [2.24, 2.45) is 0 Å². The van der Waals surface area contributed by atoms with Crippen LogP contribution in [0.3, 0.4) is 0 Å². The van der Waals surface area contributed by atoms with Crippen molar-refractivity contribution in [2.45, 2.75) is 13.0 Å². The first kappa shape index (κ1) is 19.4. The predicted octanol–water partition coefficient (Wildman–Crippen LogP) is 2.50. The number of alkyl halides is 2. The second kappa shape index (κ2) is 9.34. The minimum atomic E-state index is -2.23. The summed E-state index contributed by atoms with van der Waals surface area (Å²) in [6.45, 7) is 3.84. The lowest BCUT2D eigenvalue weighted by Gasteiger charge is -2.34. The SMILES string of the molecule is Cl.Cl.Nc1cccc(CN2CCN(CC(F)F)CC2)c1. The summed E-state index contributed by atoms with van der Waals surface area (Å²) in [5.74, 6) is 0. The third-order valence-corrected chi connectivity index (χ3v) is 3.22. The highest BCUT2D eigenvalue weighted by Crippen LogP contribution is 2.12. The fourth-order valence-corrected chi connectivity index (χ4v) is 2.27. The Morgan fingerprint density at radius 2 is 1.65 bits per heavy atom. The van der Waals surface area contributed by atoms with Crippen LogP contribution < -0.4 is 5.73 Å². The summed E-state index contributed by atoms with van der Waals surface area (Å²) in [4.78, 5) is 4.09. The van der Waals surface area contributed by atoms with Gasteiger partial charge in [-0.25, -0.2) is 8.78 Å². The average Bonchev–Trinajstić information content (AvgIpc) is 2.31. The van der Waals surface area contributed by atoms with Gasteiger partial charge >= 0.3 is 0 Å². The Labute approximate surface area is 130 Å². The zero-order valence-corrected chi connectivity index (χ0v) is 12.8. The Hall–Kier alpha value is -0.620. The minimum Gasteiger partial charge on any atom is -0.399 e. The highest BCUT2D eigenvalue weighted by Gasteiger charge is 2.19. The molecule has 1 heterocycles. The molecule has 1 aliphatic rings. The van der Waals surface area contributed by atoms with Crippen molar-refractivity contribution >= 4 is 30.5 Å². The fourth-order valence-electron chi connectivity index (χ4n) is 2.27. The molecular weight excluding hydrogens is 307 g/mol. The van der Waals surface area contributed by atoms with E-state index in [1.54, 1.807) is 0 Å². The van der Waals surface area contributed by atoms with Crippen LogP contribution in [0.5, 0.6) is 0 Å². The van der Waals surface area contributed by atoms with Crippen LogP contribution in [0.15, 0.2) is 24.3 Å². The van der Waals surface area contributed by atoms with Crippen LogP contribution in [0.2, 0.25) is 0 Å². The Kier molecular flexibility index (Phi) is 9.05. The van der Waals surface area contributed by atoms with E-state index in [9.17, 15) is 8.78 Å². The molecule has 3 nitrogen and oxygen atoms in total. The fraction of sp³-hybridized carbons (Fsp3) is 0.538. The van der Waals surface area contributed by atoms with Crippen LogP contribution in [0.4, 0.5) is 14.5 Å². The molecule has 0 amide bonds. The van der Waals surface area contributed by atoms with Gasteiger partial charge in [-0.3, -0.25) is 9.80 Å². The first-order valence-electron chi connectivity index (χ1n) is 6.21. The van der Waals surface area contributed by atoms with Gasteiger partial charge in [0.1, 0.15) is 0 Å². The molecule has 0 aliphatic carbocycles. The van der Waals surface area contributed by atoms with E-state index >= 15 is 0 Å². The molecule has 1 aromatic rings. The van der Waals surface area contributed by atoms with Crippen molar-refractivity contribution in [1.82, 2.24) is 9.80 Å². The molecule has 0 spiro atoms. The van der Waals surface area contributed by atoms with E-state index in [0.717, 1.165) is 25.3 Å². The second-order valence-electron chi connectivity index (χ2n) is 4.71. The maximum atomic E-state index is 12.2. The summed E-state index contributed by atoms with van der Waals surface area (Å²) >= 11 is 0. The molecule has 1 fully saturated rings. The number of rotatable bonds is 4. The molecule has 1 aliphatic heterocycles. The third kappa shape index (κ3) is 6.22. The molecule has 1 aromatic carbocycles. The number of nitrogens with zero attached hydrogens (tertiary/aromatic N) is 2. The first-order valence-corrected chi connectivity index (χ1v) is 6.21. The Morgan fingerprint density at radius 3 is 2.20 bits per heavy atom. The lowest BCUT2D eigenvalue weighted by Crippen LogP contribution is -2.47. The van der Waals surface area contributed by atoms with Crippen LogP contribution in [0, 0.1) is 0 Å². The van der Waals surface area contributed by atoms with Crippen LogP contribution in [-0.4, -0.2) is 48.9 Å². The Morgan fingerprint density at radius 1 is 1.05 bits per heavy atom. The molecule has 0 atom stereocenters. The summed E-state index contributed by atoms with van der Waals surface area (Å²) in [7, 11) is 0. The van der Waals surface area contributed by atoms with Gasteiger partial charge in [0.05, 0.1) is 6.54 Å². The smallest absolute Gasteiger partial charge is 0.251 e. The predicted molar refractivity (Wildman–Crippen MR) is 83.1 cm³/mol. The molecule has 0 unspecified atom stereocenters. The van der Waals surface area contributed by atoms with Crippen molar-refractivity contribution in [3.05, 3.63) is 29.8 Å². The number of halogens is 4. The van der Waals surface area contributed by atoms with Gasteiger partial charge in [0.15, 0.2) is 0 Å². The van der Waals surface area contributed by atoms with E-state index in [2.05, 4.69) is 4.90 Å². The van der Waals surface area contributed by atoms with Crippen LogP contribution >= 0.6 is 24.8 Å². The molecule has 2 N–H and O–H groups in total. The van der Waals surface area contributed by atoms with E-state index in [1.807, 2.05) is 29.2 Å². The summed E-state index contributed by atoms with van der Waals surface area (Å²) in [6.07, 6.45) is -2.23. The van der Waals surface area contributed by atoms with Crippen LogP contribution in [0.25, 0.3) is 0 Å². The van der Waals surface area contributed by atoms with Gasteiger partial charge in [-0.15, -0.1) is 24.8 Å². The number of nitrogens with two attached hydrogens (primary N) is 1. The molecule has 0 aromatic heterocycles. The van der Waals surface area contributed by atoms with Crippen molar-refractivity contribution in [2.75, 3.05) is 38.5 Å². The van der Waals surface area contributed by atoms with E-state index in [-0.39, 0.29) is 31.4 Å². The highest BCUT2D eigenvalue weighted by molar-refractivity contribution is 5.85. The van der Waals surface area contributed by atoms with E-state index in [0.29, 0.717) is 13.1 Å². The largest absolute Gasteiger partial charge is 0.399 e. The topological polar surface area (TPSA) is 32.5 Å². The molecule has 0 bridgehead atoms. The zero-order chi connectivity index (χ0) is 13.0. The van der Waals surface area contributed by atoms with Crippen molar-refractivity contribution in [3.63, 3.8) is 0 Å². The molecule has 2 rings (SSSR count).